The highest BCUT2D eigenvalue weighted by Gasteiger charge is 2.27. The number of hydrogen-bond acceptors (Lipinski definition) is 12. The number of thioether (sulfide) groups is 12. The molecule has 0 aromatic rings. The predicted octanol–water partition coefficient (Wildman–Crippen LogP) is 11.7. The molecule has 168 valence electrons. The lowest BCUT2D eigenvalue weighted by Gasteiger charge is -2.09. The van der Waals surface area contributed by atoms with Crippen molar-refractivity contribution in [3.8, 4) is 0 Å². The fourth-order valence-corrected chi connectivity index (χ4v) is 19.7. The minimum Gasteiger partial charge on any atom is -0.121 e. The third kappa shape index (κ3) is 7.57. The highest BCUT2D eigenvalue weighted by atomic mass is 32.3. The van der Waals surface area contributed by atoms with Crippen LogP contribution in [0.25, 0.3) is 0 Å². The van der Waals surface area contributed by atoms with Gasteiger partial charge in [0.05, 0.1) is 33.9 Å². The molecule has 0 amide bonds. The van der Waals surface area contributed by atoms with Crippen LogP contribution in [0.15, 0.2) is 56.4 Å². The minimum atomic E-state index is 1.10. The molecule has 0 unspecified atom stereocenters. The van der Waals surface area contributed by atoms with Gasteiger partial charge in [0.1, 0.15) is 0 Å². The normalized spacial score (nSPS) is 22.4. The lowest BCUT2D eigenvalue weighted by molar-refractivity contribution is 0.959. The Kier molecular flexibility index (Phi) is 11.9. The van der Waals surface area contributed by atoms with Gasteiger partial charge in [-0.2, -0.15) is 0 Å². The van der Waals surface area contributed by atoms with Crippen LogP contribution in [-0.2, 0) is 0 Å². The summed E-state index contributed by atoms with van der Waals surface area (Å²) in [5, 5.41) is 2.19. The maximum Gasteiger partial charge on any atom is 0.0668 e. The first-order valence-electron chi connectivity index (χ1n) is 9.21. The van der Waals surface area contributed by atoms with Gasteiger partial charge in [-0.05, 0) is 31.1 Å². The van der Waals surface area contributed by atoms with E-state index in [1.807, 2.05) is 141 Å². The molecule has 0 nitrogen and oxygen atoms in total. The first-order valence-corrected chi connectivity index (χ1v) is 20.5. The Morgan fingerprint density at radius 1 is 0.645 bits per heavy atom. The standard InChI is InChI=1S/C19H20S12/c1-4-5-6-11-28-16-17(29-11)23-10-25-19-18(24-9-22-16)30-13(31-19)8-7-12-26-14(20-2)15(21-3)27-12/h6-8H,4-5,9-10H2,1-3H3. The lowest BCUT2D eigenvalue weighted by atomic mass is 10.3. The van der Waals surface area contributed by atoms with Gasteiger partial charge in [-0.25, -0.2) is 0 Å². The average molecular weight is 633 g/mol. The molecule has 0 atom stereocenters. The second-order valence-corrected chi connectivity index (χ2v) is 20.8. The number of hydrogen-bond donors (Lipinski definition) is 0. The van der Waals surface area contributed by atoms with E-state index in [2.05, 4.69) is 37.7 Å². The summed E-state index contributed by atoms with van der Waals surface area (Å²) in [7, 11) is 0. The number of unbranched alkanes of at least 4 members (excludes halogenated alkanes) is 1. The van der Waals surface area contributed by atoms with Crippen molar-refractivity contribution in [2.45, 2.75) is 19.8 Å². The molecule has 0 spiro atoms. The Balaban J connectivity index is 1.34. The summed E-state index contributed by atoms with van der Waals surface area (Å²) in [6, 6.07) is 0. The van der Waals surface area contributed by atoms with Gasteiger partial charge in [-0.15, -0.1) is 70.6 Å². The smallest absolute Gasteiger partial charge is 0.0668 e. The van der Waals surface area contributed by atoms with Gasteiger partial charge < -0.3 is 0 Å². The maximum absolute atomic E-state index is 2.42. The monoisotopic (exact) mass is 632 g/mol. The van der Waals surface area contributed by atoms with Crippen LogP contribution < -0.4 is 0 Å². The molecule has 0 aromatic carbocycles. The molecule has 0 N–H and O–H groups in total. The Morgan fingerprint density at radius 2 is 1.06 bits per heavy atom. The zero-order valence-corrected chi connectivity index (χ0v) is 26.8. The van der Waals surface area contributed by atoms with Crippen molar-refractivity contribution >= 4 is 141 Å². The molecule has 31 heavy (non-hydrogen) atoms. The van der Waals surface area contributed by atoms with Crippen molar-refractivity contribution < 1.29 is 0 Å². The van der Waals surface area contributed by atoms with Crippen molar-refractivity contribution in [1.82, 2.24) is 0 Å². The van der Waals surface area contributed by atoms with Crippen LogP contribution in [0, 0.1) is 0 Å². The lowest BCUT2D eigenvalue weighted by Crippen LogP contribution is -1.80. The van der Waals surface area contributed by atoms with Gasteiger partial charge in [0.15, 0.2) is 0 Å². The van der Waals surface area contributed by atoms with E-state index in [1.165, 1.54) is 51.0 Å². The summed E-state index contributed by atoms with van der Waals surface area (Å²) >= 11 is 23.6. The zero-order valence-electron chi connectivity index (χ0n) is 17.0. The fourth-order valence-electron chi connectivity index (χ4n) is 2.35. The highest BCUT2D eigenvalue weighted by Crippen LogP contribution is 2.63. The van der Waals surface area contributed by atoms with E-state index in [4.69, 9.17) is 0 Å². The molecular weight excluding hydrogens is 613 g/mol. The maximum atomic E-state index is 2.42. The quantitative estimate of drug-likeness (QED) is 0.283. The Morgan fingerprint density at radius 3 is 1.48 bits per heavy atom. The molecule has 4 aliphatic heterocycles. The summed E-state index contributed by atoms with van der Waals surface area (Å²) in [5.74, 6) is 0. The van der Waals surface area contributed by atoms with Gasteiger partial charge in [0, 0.05) is 14.4 Å². The van der Waals surface area contributed by atoms with Gasteiger partial charge in [0.2, 0.25) is 0 Å². The van der Waals surface area contributed by atoms with Crippen LogP contribution in [0.2, 0.25) is 0 Å². The molecule has 0 saturated carbocycles. The van der Waals surface area contributed by atoms with Crippen LogP contribution in [0.1, 0.15) is 19.8 Å². The van der Waals surface area contributed by atoms with E-state index in [1.54, 1.807) is 0 Å². The van der Waals surface area contributed by atoms with Crippen molar-refractivity contribution in [1.29, 1.82) is 0 Å². The van der Waals surface area contributed by atoms with Crippen LogP contribution in [-0.4, -0.2) is 22.7 Å². The molecule has 0 aliphatic carbocycles. The SMILES string of the molecule is CCCC=C1SC2=C(SCSC3=C(SCS2)SC(=CC=C2SC(SC)=C(SC)S2)S3)S1. The highest BCUT2D eigenvalue weighted by molar-refractivity contribution is 8.46. The molecule has 4 heterocycles. The first-order chi connectivity index (χ1) is 15.2. The molecule has 0 fully saturated rings. The molecule has 12 heteroatoms. The topological polar surface area (TPSA) is 0 Å². The van der Waals surface area contributed by atoms with Gasteiger partial charge in [-0.1, -0.05) is 90.0 Å². The van der Waals surface area contributed by atoms with E-state index < -0.39 is 0 Å². The minimum absolute atomic E-state index is 1.10. The molecule has 4 aliphatic rings. The van der Waals surface area contributed by atoms with Gasteiger partial charge in [0.25, 0.3) is 0 Å². The van der Waals surface area contributed by atoms with Crippen molar-refractivity contribution in [2.75, 3.05) is 22.7 Å². The van der Waals surface area contributed by atoms with Gasteiger partial charge >= 0.3 is 0 Å². The Bertz CT molecular complexity index is 836. The van der Waals surface area contributed by atoms with E-state index >= 15 is 0 Å². The summed E-state index contributed by atoms with van der Waals surface area (Å²) in [6.07, 6.45) is 13.8. The average Bonchev–Trinajstić information content (AvgIpc) is 3.48. The molecular formula is C19H20S12. The largest absolute Gasteiger partial charge is 0.121 e. The van der Waals surface area contributed by atoms with Gasteiger partial charge in [-0.3, -0.25) is 0 Å². The molecule has 0 saturated heterocycles. The third-order valence-electron chi connectivity index (χ3n) is 3.75. The summed E-state index contributed by atoms with van der Waals surface area (Å²) < 4.78 is 13.2. The van der Waals surface area contributed by atoms with Crippen LogP contribution in [0.4, 0.5) is 0 Å². The summed E-state index contributed by atoms with van der Waals surface area (Å²) in [4.78, 5) is 0. The van der Waals surface area contributed by atoms with Crippen molar-refractivity contribution in [3.05, 3.63) is 56.4 Å². The molecule has 0 bridgehead atoms. The van der Waals surface area contributed by atoms with E-state index in [0.717, 1.165) is 10.2 Å². The van der Waals surface area contributed by atoms with E-state index in [0.29, 0.717) is 0 Å². The zero-order chi connectivity index (χ0) is 21.6. The second kappa shape index (κ2) is 13.8. The molecule has 0 radical (unpaired) electrons. The van der Waals surface area contributed by atoms with E-state index in [-0.39, 0.29) is 0 Å². The van der Waals surface area contributed by atoms with E-state index in [9.17, 15) is 0 Å². The second-order valence-electron chi connectivity index (χ2n) is 5.84. The van der Waals surface area contributed by atoms with Crippen LogP contribution in [0.5, 0.6) is 0 Å². The van der Waals surface area contributed by atoms with Crippen molar-refractivity contribution in [3.63, 3.8) is 0 Å². The summed E-state index contributed by atoms with van der Waals surface area (Å²) in [5.41, 5.74) is 0. The summed E-state index contributed by atoms with van der Waals surface area (Å²) in [6.45, 7) is 2.25. The third-order valence-corrected chi connectivity index (χ3v) is 20.0. The Hall–Kier alpha value is 2.64. The number of allylic oxidation sites excluding steroid dienone is 3. The molecule has 0 aromatic heterocycles. The predicted molar refractivity (Wildman–Crippen MR) is 173 cm³/mol. The number of rotatable bonds is 5. The first kappa shape index (κ1) is 26.7. The fraction of sp³-hybridized carbons (Fsp3) is 0.368. The van der Waals surface area contributed by atoms with Crippen LogP contribution in [0.3, 0.4) is 0 Å². The Labute approximate surface area is 237 Å². The van der Waals surface area contributed by atoms with Crippen molar-refractivity contribution in [2.24, 2.45) is 0 Å². The molecule has 4 rings (SSSR count). The van der Waals surface area contributed by atoms with Crippen LogP contribution >= 0.6 is 141 Å².